The van der Waals surface area contributed by atoms with Crippen molar-refractivity contribution in [3.63, 3.8) is 0 Å². The van der Waals surface area contributed by atoms with E-state index in [4.69, 9.17) is 70.2 Å². The lowest BCUT2D eigenvalue weighted by Crippen LogP contribution is -2.60. The number of amides is 1. The maximum Gasteiger partial charge on any atom is 0.250 e. The van der Waals surface area contributed by atoms with Crippen molar-refractivity contribution in [3.05, 3.63) is 44.8 Å². The summed E-state index contributed by atoms with van der Waals surface area (Å²) in [6, 6.07) is 5.37. The number of thiocarbonyl (C=S) groups is 1. The van der Waals surface area contributed by atoms with Gasteiger partial charge in [0.05, 0.1) is 5.92 Å². The minimum atomic E-state index is -1.85. The molecule has 2 bridgehead atoms. The summed E-state index contributed by atoms with van der Waals surface area (Å²) in [5, 5.41) is 6.22. The highest BCUT2D eigenvalue weighted by atomic mass is 35.6. The first-order chi connectivity index (χ1) is 15.8. The maximum absolute atomic E-state index is 13.0. The fraction of sp³-hybridized carbons (Fsp3) is 0.591. The predicted molar refractivity (Wildman–Crippen MR) is 142 cm³/mol. The maximum atomic E-state index is 13.0. The fourth-order valence-corrected chi connectivity index (χ4v) is 6.20. The molecule has 4 rings (SSSR count). The third-order valence-corrected chi connectivity index (χ3v) is 8.43. The molecule has 3 aliphatic rings. The highest BCUT2D eigenvalue weighted by Crippen LogP contribution is 2.59. The molecule has 1 saturated heterocycles. The Kier molecular flexibility index (Phi) is 7.47. The number of rotatable bonds is 4. The highest BCUT2D eigenvalue weighted by molar-refractivity contribution is 7.80. The van der Waals surface area contributed by atoms with Crippen molar-refractivity contribution >= 4 is 81.2 Å². The summed E-state index contributed by atoms with van der Waals surface area (Å²) in [5.74, 6) is -0.329. The van der Waals surface area contributed by atoms with Crippen molar-refractivity contribution in [1.82, 2.24) is 20.1 Å². The smallest absolute Gasteiger partial charge is 0.250 e. The van der Waals surface area contributed by atoms with Crippen LogP contribution in [-0.4, -0.2) is 43.5 Å². The zero-order chi connectivity index (χ0) is 25.0. The Balaban J connectivity index is 1.45. The molecule has 6 nitrogen and oxygen atoms in total. The van der Waals surface area contributed by atoms with Crippen molar-refractivity contribution in [2.75, 3.05) is 13.1 Å². The van der Waals surface area contributed by atoms with Gasteiger partial charge in [-0.25, -0.2) is 0 Å². The number of carbonyl (C=O) groups excluding carboxylic acids is 1. The van der Waals surface area contributed by atoms with Gasteiger partial charge in [-0.15, -0.1) is 0 Å². The summed E-state index contributed by atoms with van der Waals surface area (Å²) in [6.45, 7) is 5.84. The average molecular weight is 587 g/mol. The second kappa shape index (κ2) is 9.64. The van der Waals surface area contributed by atoms with Crippen LogP contribution in [0.15, 0.2) is 33.6 Å². The van der Waals surface area contributed by atoms with Crippen LogP contribution in [0.25, 0.3) is 0 Å². The summed E-state index contributed by atoms with van der Waals surface area (Å²) in [5.41, 5.74) is 0.704. The van der Waals surface area contributed by atoms with E-state index in [1.54, 1.807) is 18.2 Å². The number of hydrogen-bond acceptors (Lipinski definition) is 3. The molecule has 0 aromatic carbocycles. The molecule has 5 atom stereocenters. The average Bonchev–Trinajstić information content (AvgIpc) is 3.26. The van der Waals surface area contributed by atoms with Crippen molar-refractivity contribution in [3.8, 4) is 0 Å². The second-order valence-electron chi connectivity index (χ2n) is 9.82. The minimum absolute atomic E-state index is 0.0203. The van der Waals surface area contributed by atoms with Crippen molar-refractivity contribution < 1.29 is 4.79 Å². The number of allylic oxidation sites excluding steroid dienone is 1. The van der Waals surface area contributed by atoms with Crippen molar-refractivity contribution in [1.29, 1.82) is 0 Å². The van der Waals surface area contributed by atoms with Gasteiger partial charge in [0.15, 0.2) is 5.11 Å². The monoisotopic (exact) mass is 584 g/mol. The van der Waals surface area contributed by atoms with Gasteiger partial charge in [0.25, 0.3) is 5.56 Å². The number of hydrogen-bond donors (Lipinski definition) is 2. The standard InChI is InChI=1S/C22H25Cl5N4O2S/c1-21(2)13(7-15(23)24)17(21)18(33)28-19(22(25,26)27)29-20(34)30-8-11-6-12(10-30)14-4-3-5-16(32)31(14)9-11/h3-5,7,11-13,17,19H,6,8-10H2,1-2H3,(H,28,33)(H,29,34)/t11-,12+,13+,17-,19-/m0/s1. The third kappa shape index (κ3) is 5.35. The normalized spacial score (nSPS) is 27.8. The molecule has 1 aromatic heterocycles. The Bertz CT molecular complexity index is 1080. The molecule has 0 radical (unpaired) electrons. The number of fused-ring (bicyclic) bond motifs is 4. The number of alkyl halides is 3. The largest absolute Gasteiger partial charge is 0.348 e. The van der Waals surface area contributed by atoms with Crippen LogP contribution in [-0.2, 0) is 11.3 Å². The SMILES string of the molecule is CC1(C)[C@H](C=C(Cl)Cl)[C@H]1C(=O)N[C@@H](NC(=S)N1C[C@@H]2C[C@H](C1)c1cccc(=O)n1C2)C(Cl)(Cl)Cl. The van der Waals surface area contributed by atoms with Crippen LogP contribution >= 0.6 is 70.2 Å². The van der Waals surface area contributed by atoms with E-state index in [2.05, 4.69) is 10.6 Å². The Hall–Kier alpha value is -0.700. The quantitative estimate of drug-likeness (QED) is 0.308. The van der Waals surface area contributed by atoms with Crippen LogP contribution in [0.1, 0.15) is 31.9 Å². The summed E-state index contributed by atoms with van der Waals surface area (Å²) >= 11 is 35.9. The first-order valence-corrected chi connectivity index (χ1v) is 13.2. The number of aromatic nitrogens is 1. The van der Waals surface area contributed by atoms with E-state index in [1.807, 2.05) is 29.4 Å². The van der Waals surface area contributed by atoms with Crippen LogP contribution in [0.3, 0.4) is 0 Å². The molecule has 0 spiro atoms. The number of halogens is 5. The predicted octanol–water partition coefficient (Wildman–Crippen LogP) is 4.55. The molecule has 12 heteroatoms. The van der Waals surface area contributed by atoms with Gasteiger partial charge >= 0.3 is 0 Å². The van der Waals surface area contributed by atoms with E-state index in [0.717, 1.165) is 12.1 Å². The Morgan fingerprint density at radius 1 is 1.21 bits per heavy atom. The number of piperidine rings is 1. The molecule has 1 aromatic rings. The first-order valence-electron chi connectivity index (χ1n) is 10.9. The number of carbonyl (C=O) groups is 1. The molecule has 2 fully saturated rings. The molecule has 1 aliphatic carbocycles. The lowest BCUT2D eigenvalue weighted by atomic mass is 9.83. The van der Waals surface area contributed by atoms with E-state index in [1.165, 1.54) is 0 Å². The topological polar surface area (TPSA) is 66.4 Å². The van der Waals surface area contributed by atoms with Gasteiger partial charge in [0.1, 0.15) is 10.7 Å². The molecule has 0 unspecified atom stereocenters. The van der Waals surface area contributed by atoms with Crippen molar-refractivity contribution in [2.24, 2.45) is 23.2 Å². The summed E-state index contributed by atoms with van der Waals surface area (Å²) in [6.07, 6.45) is 1.61. The molecule has 186 valence electrons. The van der Waals surface area contributed by atoms with Gasteiger partial charge in [0, 0.05) is 37.3 Å². The molecule has 2 N–H and O–H groups in total. The molecule has 1 amide bonds. The highest BCUT2D eigenvalue weighted by Gasteiger charge is 2.61. The fourth-order valence-electron chi connectivity index (χ4n) is 5.33. The lowest BCUT2D eigenvalue weighted by molar-refractivity contribution is -0.123. The number of pyridine rings is 1. The molecular weight excluding hydrogens is 562 g/mol. The molecular formula is C22H25Cl5N4O2S. The Morgan fingerprint density at radius 3 is 2.56 bits per heavy atom. The molecule has 1 saturated carbocycles. The van der Waals surface area contributed by atoms with E-state index in [0.29, 0.717) is 24.7 Å². The third-order valence-electron chi connectivity index (χ3n) is 7.15. The summed E-state index contributed by atoms with van der Waals surface area (Å²) < 4.78 is 0.122. The summed E-state index contributed by atoms with van der Waals surface area (Å²) in [4.78, 5) is 27.3. The molecule has 34 heavy (non-hydrogen) atoms. The lowest BCUT2D eigenvalue weighted by Gasteiger charge is -2.44. The van der Waals surface area contributed by atoms with E-state index >= 15 is 0 Å². The molecule has 2 aliphatic heterocycles. The van der Waals surface area contributed by atoms with Crippen molar-refractivity contribution in [2.45, 2.75) is 42.7 Å². The minimum Gasteiger partial charge on any atom is -0.348 e. The van der Waals surface area contributed by atoms with Crippen LogP contribution in [0.5, 0.6) is 0 Å². The number of nitrogens with one attached hydrogen (secondary N) is 2. The van der Waals surface area contributed by atoms with Gasteiger partial charge in [-0.3, -0.25) is 9.59 Å². The van der Waals surface area contributed by atoms with Gasteiger partial charge in [-0.1, -0.05) is 77.9 Å². The van der Waals surface area contributed by atoms with Gasteiger partial charge < -0.3 is 20.1 Å². The molecule has 3 heterocycles. The van der Waals surface area contributed by atoms with Gasteiger partial charge in [0.2, 0.25) is 9.70 Å². The van der Waals surface area contributed by atoms with Crippen LogP contribution in [0.2, 0.25) is 0 Å². The number of nitrogens with zero attached hydrogens (tertiary/aromatic N) is 2. The zero-order valence-corrected chi connectivity index (χ0v) is 23.1. The second-order valence-corrected chi connectivity index (χ2v) is 13.6. The van der Waals surface area contributed by atoms with E-state index < -0.39 is 9.96 Å². The zero-order valence-electron chi connectivity index (χ0n) is 18.5. The Morgan fingerprint density at radius 2 is 1.91 bits per heavy atom. The van der Waals surface area contributed by atoms with Crippen LogP contribution in [0.4, 0.5) is 0 Å². The number of likely N-dealkylation sites (tertiary alicyclic amines) is 1. The van der Waals surface area contributed by atoms with Crippen LogP contribution in [0, 0.1) is 23.2 Å². The van der Waals surface area contributed by atoms with Gasteiger partial charge in [-0.2, -0.15) is 0 Å². The Labute approximate surface area is 228 Å². The van der Waals surface area contributed by atoms with E-state index in [9.17, 15) is 9.59 Å². The van der Waals surface area contributed by atoms with Gasteiger partial charge in [-0.05, 0) is 48.0 Å². The van der Waals surface area contributed by atoms with Crippen LogP contribution < -0.4 is 16.2 Å². The summed E-state index contributed by atoms with van der Waals surface area (Å²) in [7, 11) is 0. The first kappa shape index (κ1) is 26.4. The van der Waals surface area contributed by atoms with E-state index in [-0.39, 0.29) is 45.0 Å².